The molecule has 1 heteroatoms. The van der Waals surface area contributed by atoms with Gasteiger partial charge in [-0.2, -0.15) is 0 Å². The van der Waals surface area contributed by atoms with Crippen molar-refractivity contribution in [2.24, 2.45) is 5.92 Å². The van der Waals surface area contributed by atoms with Crippen molar-refractivity contribution in [1.29, 1.82) is 0 Å². The van der Waals surface area contributed by atoms with Crippen LogP contribution in [0.15, 0.2) is 30.3 Å². The molecule has 2 heterocycles. The van der Waals surface area contributed by atoms with Gasteiger partial charge in [0.15, 0.2) is 0 Å². The molecule has 3 atom stereocenters. The predicted molar refractivity (Wildman–Crippen MR) is 62.8 cm³/mol. The van der Waals surface area contributed by atoms with Crippen LogP contribution >= 0.6 is 0 Å². The molecule has 0 saturated carbocycles. The molecule has 0 spiro atoms. The normalized spacial score (nSPS) is 34.3. The maximum atomic E-state index is 3.71. The number of piperidine rings is 1. The minimum atomic E-state index is 0.831. The summed E-state index contributed by atoms with van der Waals surface area (Å²) in [7, 11) is 0. The molecule has 0 aromatic heterocycles. The highest BCUT2D eigenvalue weighted by Crippen LogP contribution is 2.32. The second kappa shape index (κ2) is 3.97. The number of benzene rings is 1. The SMILES string of the molecule is c1ccc(CC2CC3CC[C@@H](C2)N3)cc1. The molecule has 2 aliphatic rings. The first-order valence-corrected chi connectivity index (χ1v) is 6.20. The molecule has 0 amide bonds. The Morgan fingerprint density at radius 2 is 1.67 bits per heavy atom. The van der Waals surface area contributed by atoms with Gasteiger partial charge in [0.05, 0.1) is 0 Å². The van der Waals surface area contributed by atoms with Gasteiger partial charge in [0.25, 0.3) is 0 Å². The summed E-state index contributed by atoms with van der Waals surface area (Å²) in [6, 6.07) is 12.6. The summed E-state index contributed by atoms with van der Waals surface area (Å²) in [4.78, 5) is 0. The monoisotopic (exact) mass is 201 g/mol. The van der Waals surface area contributed by atoms with Crippen LogP contribution in [0.2, 0.25) is 0 Å². The molecule has 2 saturated heterocycles. The smallest absolute Gasteiger partial charge is 0.00729 e. The molecular formula is C14H19N. The fourth-order valence-corrected chi connectivity index (χ4v) is 3.29. The molecule has 2 fully saturated rings. The maximum Gasteiger partial charge on any atom is 0.00729 e. The zero-order valence-electron chi connectivity index (χ0n) is 9.15. The average molecular weight is 201 g/mol. The zero-order chi connectivity index (χ0) is 10.1. The molecule has 1 nitrogen and oxygen atoms in total. The first-order valence-electron chi connectivity index (χ1n) is 6.20. The third-order valence-electron chi connectivity index (χ3n) is 3.94. The maximum absolute atomic E-state index is 3.71. The van der Waals surface area contributed by atoms with E-state index < -0.39 is 0 Å². The van der Waals surface area contributed by atoms with Crippen molar-refractivity contribution in [3.05, 3.63) is 35.9 Å². The third-order valence-corrected chi connectivity index (χ3v) is 3.94. The van der Waals surface area contributed by atoms with Gasteiger partial charge >= 0.3 is 0 Å². The van der Waals surface area contributed by atoms with Crippen molar-refractivity contribution in [1.82, 2.24) is 5.32 Å². The molecule has 0 radical (unpaired) electrons. The first kappa shape index (κ1) is 9.41. The van der Waals surface area contributed by atoms with Gasteiger partial charge in [-0.3, -0.25) is 0 Å². The third kappa shape index (κ3) is 2.07. The lowest BCUT2D eigenvalue weighted by molar-refractivity contribution is 0.298. The van der Waals surface area contributed by atoms with Gasteiger partial charge in [0.2, 0.25) is 0 Å². The van der Waals surface area contributed by atoms with Crippen molar-refractivity contribution in [3.8, 4) is 0 Å². The van der Waals surface area contributed by atoms with Crippen LogP contribution in [0.3, 0.4) is 0 Å². The van der Waals surface area contributed by atoms with Gasteiger partial charge in [0, 0.05) is 12.1 Å². The van der Waals surface area contributed by atoms with Crippen molar-refractivity contribution < 1.29 is 0 Å². The summed E-state index contributed by atoms with van der Waals surface area (Å²) in [5, 5.41) is 3.71. The molecule has 80 valence electrons. The Labute approximate surface area is 91.9 Å². The quantitative estimate of drug-likeness (QED) is 0.776. The van der Waals surface area contributed by atoms with E-state index in [1.54, 1.807) is 0 Å². The Bertz CT molecular complexity index is 307. The van der Waals surface area contributed by atoms with Crippen LogP contribution in [0.1, 0.15) is 31.2 Å². The van der Waals surface area contributed by atoms with E-state index in [-0.39, 0.29) is 0 Å². The summed E-state index contributed by atoms with van der Waals surface area (Å²) in [5.74, 6) is 0.922. The van der Waals surface area contributed by atoms with E-state index in [9.17, 15) is 0 Å². The number of nitrogens with one attached hydrogen (secondary N) is 1. The van der Waals surface area contributed by atoms with Gasteiger partial charge in [-0.15, -0.1) is 0 Å². The van der Waals surface area contributed by atoms with E-state index in [0.717, 1.165) is 18.0 Å². The van der Waals surface area contributed by atoms with Gasteiger partial charge < -0.3 is 5.32 Å². The van der Waals surface area contributed by atoms with Crippen LogP contribution in [0.4, 0.5) is 0 Å². The van der Waals surface area contributed by atoms with E-state index in [2.05, 4.69) is 35.6 Å². The van der Waals surface area contributed by atoms with E-state index in [0.29, 0.717) is 0 Å². The number of fused-ring (bicyclic) bond motifs is 2. The lowest BCUT2D eigenvalue weighted by Crippen LogP contribution is -2.38. The van der Waals surface area contributed by atoms with E-state index in [4.69, 9.17) is 0 Å². The second-order valence-electron chi connectivity index (χ2n) is 5.17. The highest BCUT2D eigenvalue weighted by Gasteiger charge is 2.33. The predicted octanol–water partition coefficient (Wildman–Crippen LogP) is 2.76. The van der Waals surface area contributed by atoms with Crippen LogP contribution in [0.5, 0.6) is 0 Å². The van der Waals surface area contributed by atoms with Crippen LogP contribution in [-0.2, 0) is 6.42 Å². The van der Waals surface area contributed by atoms with E-state index in [1.807, 2.05) is 0 Å². The minimum absolute atomic E-state index is 0.831. The molecule has 2 bridgehead atoms. The fraction of sp³-hybridized carbons (Fsp3) is 0.571. The van der Waals surface area contributed by atoms with E-state index in [1.165, 1.54) is 37.7 Å². The molecule has 1 aromatic carbocycles. The molecule has 2 unspecified atom stereocenters. The summed E-state index contributed by atoms with van der Waals surface area (Å²) in [5.41, 5.74) is 1.52. The van der Waals surface area contributed by atoms with Crippen molar-refractivity contribution in [2.75, 3.05) is 0 Å². The number of rotatable bonds is 2. The number of hydrogen-bond donors (Lipinski definition) is 1. The largest absolute Gasteiger partial charge is 0.311 e. The lowest BCUT2D eigenvalue weighted by atomic mass is 9.87. The molecule has 2 aliphatic heterocycles. The minimum Gasteiger partial charge on any atom is -0.311 e. The molecular weight excluding hydrogens is 182 g/mol. The molecule has 0 aliphatic carbocycles. The lowest BCUT2D eigenvalue weighted by Gasteiger charge is -2.29. The Hall–Kier alpha value is -0.820. The summed E-state index contributed by atoms with van der Waals surface area (Å²) >= 11 is 0. The van der Waals surface area contributed by atoms with Gasteiger partial charge in [-0.25, -0.2) is 0 Å². The molecule has 3 rings (SSSR count). The molecule has 1 N–H and O–H groups in total. The van der Waals surface area contributed by atoms with Crippen LogP contribution in [-0.4, -0.2) is 12.1 Å². The Morgan fingerprint density at radius 1 is 1.00 bits per heavy atom. The van der Waals surface area contributed by atoms with Crippen molar-refractivity contribution in [3.63, 3.8) is 0 Å². The van der Waals surface area contributed by atoms with E-state index >= 15 is 0 Å². The standard InChI is InChI=1S/C14H19N/c1-2-4-11(5-3-1)8-12-9-13-6-7-14(10-12)15-13/h1-5,12-15H,6-10H2/t12?,13-,14?/m0/s1. The topological polar surface area (TPSA) is 12.0 Å². The van der Waals surface area contributed by atoms with Crippen LogP contribution < -0.4 is 5.32 Å². The molecule has 15 heavy (non-hydrogen) atoms. The average Bonchev–Trinajstić information content (AvgIpc) is 2.60. The zero-order valence-corrected chi connectivity index (χ0v) is 9.15. The Morgan fingerprint density at radius 3 is 2.33 bits per heavy atom. The Balaban J connectivity index is 1.65. The van der Waals surface area contributed by atoms with Gasteiger partial charge in [-0.05, 0) is 43.6 Å². The second-order valence-corrected chi connectivity index (χ2v) is 5.17. The van der Waals surface area contributed by atoms with Gasteiger partial charge in [-0.1, -0.05) is 30.3 Å². The first-order chi connectivity index (χ1) is 7.40. The van der Waals surface area contributed by atoms with Gasteiger partial charge in [0.1, 0.15) is 0 Å². The Kier molecular flexibility index (Phi) is 2.49. The van der Waals surface area contributed by atoms with Crippen molar-refractivity contribution >= 4 is 0 Å². The van der Waals surface area contributed by atoms with Crippen molar-refractivity contribution in [2.45, 2.75) is 44.2 Å². The van der Waals surface area contributed by atoms with Crippen LogP contribution in [0, 0.1) is 5.92 Å². The summed E-state index contributed by atoms with van der Waals surface area (Å²) < 4.78 is 0. The number of hydrogen-bond acceptors (Lipinski definition) is 1. The fourth-order valence-electron chi connectivity index (χ4n) is 3.29. The summed E-state index contributed by atoms with van der Waals surface area (Å²) in [6.07, 6.45) is 6.90. The van der Waals surface area contributed by atoms with Crippen LogP contribution in [0.25, 0.3) is 0 Å². The highest BCUT2D eigenvalue weighted by atomic mass is 15.0. The summed E-state index contributed by atoms with van der Waals surface area (Å²) in [6.45, 7) is 0. The highest BCUT2D eigenvalue weighted by molar-refractivity contribution is 5.15. The molecule has 1 aromatic rings.